The summed E-state index contributed by atoms with van der Waals surface area (Å²) in [6.07, 6.45) is 2.99. The number of benzene rings is 2. The van der Waals surface area contributed by atoms with Crippen molar-refractivity contribution in [2.75, 3.05) is 0 Å². The van der Waals surface area contributed by atoms with E-state index in [2.05, 4.69) is 11.9 Å². The van der Waals surface area contributed by atoms with Crippen LogP contribution in [0.15, 0.2) is 55.1 Å². The number of aliphatic carboxylic acids is 1. The Morgan fingerprint density at radius 2 is 1.91 bits per heavy atom. The van der Waals surface area contributed by atoms with Gasteiger partial charge in [-0.1, -0.05) is 48.5 Å². The number of nitrogens with one attached hydrogen (secondary N) is 1. The third-order valence-corrected chi connectivity index (χ3v) is 3.71. The van der Waals surface area contributed by atoms with Crippen LogP contribution in [0, 0.1) is 0 Å². The average molecular weight is 311 g/mol. The van der Waals surface area contributed by atoms with Gasteiger partial charge in [-0.15, -0.1) is 6.58 Å². The lowest BCUT2D eigenvalue weighted by molar-refractivity contribution is -0.137. The Kier molecular flexibility index (Phi) is 5.92. The van der Waals surface area contributed by atoms with E-state index in [1.165, 1.54) is 0 Å². The molecule has 0 saturated heterocycles. The molecule has 0 aliphatic heterocycles. The van der Waals surface area contributed by atoms with Crippen LogP contribution in [0.3, 0.4) is 0 Å². The molecule has 4 heteroatoms. The minimum atomic E-state index is -0.917. The normalized spacial score (nSPS) is 11.8. The molecule has 0 fully saturated rings. The van der Waals surface area contributed by atoms with Crippen molar-refractivity contribution in [2.45, 2.75) is 31.7 Å². The van der Waals surface area contributed by atoms with Gasteiger partial charge in [0.2, 0.25) is 5.91 Å². The molecule has 0 aliphatic rings. The Morgan fingerprint density at radius 1 is 1.17 bits per heavy atom. The maximum Gasteiger partial charge on any atom is 0.305 e. The highest BCUT2D eigenvalue weighted by Crippen LogP contribution is 2.20. The first kappa shape index (κ1) is 16.7. The van der Waals surface area contributed by atoms with Crippen LogP contribution in [-0.2, 0) is 16.0 Å². The summed E-state index contributed by atoms with van der Waals surface area (Å²) in [6, 6.07) is 13.5. The summed E-state index contributed by atoms with van der Waals surface area (Å²) in [7, 11) is 0. The van der Waals surface area contributed by atoms with Crippen molar-refractivity contribution in [3.05, 3.63) is 60.7 Å². The molecular formula is C19H21NO3. The molecule has 0 unspecified atom stereocenters. The SMILES string of the molecule is C=CCCC(=O)N[C@H](CC(=O)O)Cc1cccc2ccccc12. The number of carboxylic acid groups (broad SMARTS) is 1. The van der Waals surface area contributed by atoms with E-state index in [0.717, 1.165) is 16.3 Å². The van der Waals surface area contributed by atoms with Crippen molar-refractivity contribution in [3.8, 4) is 0 Å². The van der Waals surface area contributed by atoms with Crippen molar-refractivity contribution in [1.82, 2.24) is 5.32 Å². The summed E-state index contributed by atoms with van der Waals surface area (Å²) >= 11 is 0. The Hall–Kier alpha value is -2.62. The van der Waals surface area contributed by atoms with Crippen LogP contribution < -0.4 is 5.32 Å². The fourth-order valence-corrected chi connectivity index (χ4v) is 2.65. The van der Waals surface area contributed by atoms with E-state index in [0.29, 0.717) is 19.3 Å². The molecule has 0 aliphatic carbocycles. The Morgan fingerprint density at radius 3 is 2.65 bits per heavy atom. The van der Waals surface area contributed by atoms with Gasteiger partial charge in [0, 0.05) is 12.5 Å². The number of carbonyl (C=O) groups excluding carboxylic acids is 1. The maximum absolute atomic E-state index is 11.9. The summed E-state index contributed by atoms with van der Waals surface area (Å²) in [5.74, 6) is -1.06. The predicted molar refractivity (Wildman–Crippen MR) is 91.3 cm³/mol. The zero-order valence-electron chi connectivity index (χ0n) is 13.0. The molecular weight excluding hydrogens is 290 g/mol. The standard InChI is InChI=1S/C19H21NO3/c1-2-3-11-18(21)20-16(13-19(22)23)12-15-9-6-8-14-7-4-5-10-17(14)15/h2,4-10,16H,1,3,11-13H2,(H,20,21)(H,22,23)/t16-/m0/s1. The number of carbonyl (C=O) groups is 2. The van der Waals surface area contributed by atoms with Crippen molar-refractivity contribution in [3.63, 3.8) is 0 Å². The van der Waals surface area contributed by atoms with Crippen LogP contribution in [0.25, 0.3) is 10.8 Å². The zero-order chi connectivity index (χ0) is 16.7. The van der Waals surface area contributed by atoms with Gasteiger partial charge in [0.15, 0.2) is 0 Å². The van der Waals surface area contributed by atoms with Crippen LogP contribution in [0.2, 0.25) is 0 Å². The number of hydrogen-bond donors (Lipinski definition) is 2. The Bertz CT molecular complexity index is 703. The number of allylic oxidation sites excluding steroid dienone is 1. The summed E-state index contributed by atoms with van der Waals surface area (Å²) in [5.41, 5.74) is 1.04. The van der Waals surface area contributed by atoms with Crippen molar-refractivity contribution in [2.24, 2.45) is 0 Å². The largest absolute Gasteiger partial charge is 0.481 e. The van der Waals surface area contributed by atoms with Crippen LogP contribution in [0.1, 0.15) is 24.8 Å². The molecule has 0 spiro atoms. The third kappa shape index (κ3) is 4.95. The first-order valence-electron chi connectivity index (χ1n) is 7.69. The first-order chi connectivity index (χ1) is 11.1. The lowest BCUT2D eigenvalue weighted by atomic mass is 9.97. The van der Waals surface area contributed by atoms with E-state index >= 15 is 0 Å². The minimum Gasteiger partial charge on any atom is -0.481 e. The van der Waals surface area contributed by atoms with Crippen LogP contribution in [0.4, 0.5) is 0 Å². The highest BCUT2D eigenvalue weighted by atomic mass is 16.4. The van der Waals surface area contributed by atoms with E-state index in [9.17, 15) is 9.59 Å². The van der Waals surface area contributed by atoms with Crippen LogP contribution >= 0.6 is 0 Å². The van der Waals surface area contributed by atoms with Crippen molar-refractivity contribution < 1.29 is 14.7 Å². The van der Waals surface area contributed by atoms with Crippen molar-refractivity contribution in [1.29, 1.82) is 0 Å². The lowest BCUT2D eigenvalue weighted by Crippen LogP contribution is -2.38. The van der Waals surface area contributed by atoms with Gasteiger partial charge in [0.25, 0.3) is 0 Å². The molecule has 0 aromatic heterocycles. The molecule has 0 bridgehead atoms. The summed E-state index contributed by atoms with van der Waals surface area (Å²) in [5, 5.41) is 14.1. The van der Waals surface area contributed by atoms with E-state index < -0.39 is 12.0 Å². The van der Waals surface area contributed by atoms with Gasteiger partial charge in [-0.05, 0) is 29.2 Å². The monoisotopic (exact) mass is 311 g/mol. The second kappa shape index (κ2) is 8.13. The lowest BCUT2D eigenvalue weighted by Gasteiger charge is -2.18. The number of rotatable bonds is 8. The zero-order valence-corrected chi connectivity index (χ0v) is 13.0. The summed E-state index contributed by atoms with van der Waals surface area (Å²) < 4.78 is 0. The van der Waals surface area contributed by atoms with Gasteiger partial charge >= 0.3 is 5.97 Å². The van der Waals surface area contributed by atoms with E-state index in [1.54, 1.807) is 6.08 Å². The molecule has 4 nitrogen and oxygen atoms in total. The fourth-order valence-electron chi connectivity index (χ4n) is 2.65. The van der Waals surface area contributed by atoms with Gasteiger partial charge in [-0.2, -0.15) is 0 Å². The smallest absolute Gasteiger partial charge is 0.305 e. The van der Waals surface area contributed by atoms with Crippen LogP contribution in [0.5, 0.6) is 0 Å². The summed E-state index contributed by atoms with van der Waals surface area (Å²) in [6.45, 7) is 3.59. The number of amides is 1. The van der Waals surface area contributed by atoms with E-state index in [4.69, 9.17) is 5.11 Å². The highest BCUT2D eigenvalue weighted by molar-refractivity contribution is 5.86. The number of hydrogen-bond acceptors (Lipinski definition) is 2. The second-order valence-electron chi connectivity index (χ2n) is 5.53. The van der Waals surface area contributed by atoms with Gasteiger partial charge in [-0.3, -0.25) is 9.59 Å². The first-order valence-corrected chi connectivity index (χ1v) is 7.69. The van der Waals surface area contributed by atoms with Crippen LogP contribution in [-0.4, -0.2) is 23.0 Å². The fraction of sp³-hybridized carbons (Fsp3) is 0.263. The quantitative estimate of drug-likeness (QED) is 0.735. The van der Waals surface area contributed by atoms with Gasteiger partial charge < -0.3 is 10.4 Å². The molecule has 1 amide bonds. The molecule has 1 atom stereocenters. The number of fused-ring (bicyclic) bond motifs is 1. The van der Waals surface area contributed by atoms with Gasteiger partial charge in [0.1, 0.15) is 0 Å². The molecule has 0 radical (unpaired) electrons. The molecule has 2 aromatic rings. The number of carboxylic acids is 1. The Balaban J connectivity index is 2.17. The molecule has 0 heterocycles. The minimum absolute atomic E-state index is 0.0942. The Labute approximate surface area is 135 Å². The molecule has 23 heavy (non-hydrogen) atoms. The predicted octanol–water partition coefficient (Wildman–Crippen LogP) is 3.31. The molecule has 2 N–H and O–H groups in total. The highest BCUT2D eigenvalue weighted by Gasteiger charge is 2.17. The van der Waals surface area contributed by atoms with Gasteiger partial charge in [0.05, 0.1) is 6.42 Å². The van der Waals surface area contributed by atoms with E-state index in [1.807, 2.05) is 42.5 Å². The van der Waals surface area contributed by atoms with Gasteiger partial charge in [-0.25, -0.2) is 0 Å². The average Bonchev–Trinajstić information content (AvgIpc) is 2.52. The third-order valence-electron chi connectivity index (χ3n) is 3.71. The molecule has 2 rings (SSSR count). The van der Waals surface area contributed by atoms with E-state index in [-0.39, 0.29) is 12.3 Å². The molecule has 0 saturated carbocycles. The maximum atomic E-state index is 11.9. The molecule has 120 valence electrons. The summed E-state index contributed by atoms with van der Waals surface area (Å²) in [4.78, 5) is 23.0. The molecule has 2 aromatic carbocycles. The van der Waals surface area contributed by atoms with Crippen molar-refractivity contribution >= 4 is 22.6 Å². The topological polar surface area (TPSA) is 66.4 Å². The second-order valence-corrected chi connectivity index (χ2v) is 5.53.